The second-order valence-corrected chi connectivity index (χ2v) is 4.57. The summed E-state index contributed by atoms with van der Waals surface area (Å²) >= 11 is 0. The quantitative estimate of drug-likeness (QED) is 0.912. The highest BCUT2D eigenvalue weighted by Crippen LogP contribution is 2.24. The number of halogens is 2. The van der Waals surface area contributed by atoms with Crippen LogP contribution in [0.3, 0.4) is 0 Å². The predicted molar refractivity (Wildman–Crippen MR) is 73.3 cm³/mol. The maximum absolute atomic E-state index is 13.9. The van der Waals surface area contributed by atoms with E-state index in [-0.39, 0.29) is 5.56 Å². The number of rotatable bonds is 5. The zero-order valence-corrected chi connectivity index (χ0v) is 11.3. The van der Waals surface area contributed by atoms with Crippen molar-refractivity contribution in [3.8, 4) is 0 Å². The molecule has 0 radical (unpaired) electrons. The van der Waals surface area contributed by atoms with Crippen LogP contribution in [0.1, 0.15) is 11.6 Å². The third-order valence-electron chi connectivity index (χ3n) is 2.98. The first-order valence-electron chi connectivity index (χ1n) is 6.21. The summed E-state index contributed by atoms with van der Waals surface area (Å²) < 4.78 is 27.7. The van der Waals surface area contributed by atoms with Crippen molar-refractivity contribution in [3.63, 3.8) is 0 Å². The van der Waals surface area contributed by atoms with Crippen molar-refractivity contribution >= 4 is 5.95 Å². The van der Waals surface area contributed by atoms with Crippen LogP contribution in [-0.4, -0.2) is 35.5 Å². The highest BCUT2D eigenvalue weighted by Gasteiger charge is 2.22. The van der Waals surface area contributed by atoms with Gasteiger partial charge in [0.25, 0.3) is 0 Å². The maximum atomic E-state index is 13.9. The van der Waals surface area contributed by atoms with Gasteiger partial charge in [-0.2, -0.15) is 0 Å². The van der Waals surface area contributed by atoms with Gasteiger partial charge in [-0.05, 0) is 32.3 Å². The molecule has 1 unspecified atom stereocenters. The molecule has 0 saturated carbocycles. The first kappa shape index (κ1) is 14.3. The van der Waals surface area contributed by atoms with Crippen molar-refractivity contribution in [1.29, 1.82) is 0 Å². The second kappa shape index (κ2) is 6.38. The Morgan fingerprint density at radius 2 is 1.70 bits per heavy atom. The second-order valence-electron chi connectivity index (χ2n) is 4.57. The van der Waals surface area contributed by atoms with Crippen molar-refractivity contribution in [2.45, 2.75) is 6.04 Å². The van der Waals surface area contributed by atoms with Crippen LogP contribution in [0.2, 0.25) is 0 Å². The molecule has 1 atom stereocenters. The number of nitrogens with zero attached hydrogens (tertiary/aromatic N) is 3. The maximum Gasteiger partial charge on any atom is 0.222 e. The minimum atomic E-state index is -0.556. The van der Waals surface area contributed by atoms with Crippen LogP contribution < -0.4 is 5.32 Å². The minimum absolute atomic E-state index is 0.0425. The Balaban J connectivity index is 2.20. The van der Waals surface area contributed by atoms with E-state index in [0.29, 0.717) is 12.5 Å². The molecule has 0 aliphatic heterocycles. The van der Waals surface area contributed by atoms with E-state index in [2.05, 4.69) is 15.3 Å². The molecule has 1 N–H and O–H groups in total. The molecular formula is C14H16F2N4. The van der Waals surface area contributed by atoms with Crippen LogP contribution >= 0.6 is 0 Å². The zero-order chi connectivity index (χ0) is 14.5. The summed E-state index contributed by atoms with van der Waals surface area (Å²) in [4.78, 5) is 9.79. The summed E-state index contributed by atoms with van der Waals surface area (Å²) in [5, 5.41) is 2.98. The minimum Gasteiger partial charge on any atom is -0.352 e. The summed E-state index contributed by atoms with van der Waals surface area (Å²) in [6.07, 6.45) is 3.20. The molecule has 0 saturated heterocycles. The van der Waals surface area contributed by atoms with Crippen LogP contribution in [0, 0.1) is 11.6 Å². The summed E-state index contributed by atoms with van der Waals surface area (Å²) in [5.41, 5.74) is 0.0425. The lowest BCUT2D eigenvalue weighted by atomic mass is 10.0. The van der Waals surface area contributed by atoms with E-state index < -0.39 is 17.7 Å². The van der Waals surface area contributed by atoms with Gasteiger partial charge in [0.05, 0.1) is 6.04 Å². The molecule has 2 rings (SSSR count). The molecule has 0 spiro atoms. The summed E-state index contributed by atoms with van der Waals surface area (Å²) in [6, 6.07) is 5.11. The predicted octanol–water partition coefficient (Wildman–Crippen LogP) is 2.47. The highest BCUT2D eigenvalue weighted by molar-refractivity contribution is 5.28. The van der Waals surface area contributed by atoms with E-state index in [1.54, 1.807) is 37.5 Å². The first-order valence-corrected chi connectivity index (χ1v) is 6.21. The number of aromatic nitrogens is 2. The van der Waals surface area contributed by atoms with E-state index in [1.807, 2.05) is 0 Å². The number of hydrogen-bond donors (Lipinski definition) is 1. The van der Waals surface area contributed by atoms with E-state index in [0.717, 1.165) is 0 Å². The number of anilines is 1. The number of likely N-dealkylation sites (N-methyl/N-ethyl adjacent to an activating group) is 1. The van der Waals surface area contributed by atoms with Gasteiger partial charge in [-0.3, -0.25) is 0 Å². The van der Waals surface area contributed by atoms with Gasteiger partial charge in [0.15, 0.2) is 0 Å². The third kappa shape index (κ3) is 3.27. The molecule has 1 aromatic carbocycles. The van der Waals surface area contributed by atoms with Crippen LogP contribution in [0.4, 0.5) is 14.7 Å². The molecule has 1 aromatic heterocycles. The van der Waals surface area contributed by atoms with Gasteiger partial charge >= 0.3 is 0 Å². The monoisotopic (exact) mass is 278 g/mol. The van der Waals surface area contributed by atoms with Gasteiger partial charge in [0, 0.05) is 24.5 Å². The molecule has 1 heterocycles. The molecule has 0 bridgehead atoms. The number of nitrogens with one attached hydrogen (secondary N) is 1. The van der Waals surface area contributed by atoms with Gasteiger partial charge < -0.3 is 10.2 Å². The fourth-order valence-corrected chi connectivity index (χ4v) is 1.95. The standard InChI is InChI=1S/C14H16F2N4/c1-20(2)12(9-19-14-17-7-4-8-18-14)13-10(15)5-3-6-11(13)16/h3-8,12H,9H2,1-2H3,(H,17,18,19). The van der Waals surface area contributed by atoms with Crippen molar-refractivity contribution in [3.05, 3.63) is 53.9 Å². The Bertz CT molecular complexity index is 540. The van der Waals surface area contributed by atoms with E-state index in [4.69, 9.17) is 0 Å². The third-order valence-corrected chi connectivity index (χ3v) is 2.98. The number of hydrogen-bond acceptors (Lipinski definition) is 4. The number of benzene rings is 1. The largest absolute Gasteiger partial charge is 0.352 e. The van der Waals surface area contributed by atoms with Crippen molar-refractivity contribution < 1.29 is 8.78 Å². The summed E-state index contributed by atoms with van der Waals surface area (Å²) in [7, 11) is 3.54. The van der Waals surface area contributed by atoms with Gasteiger partial charge in [0.2, 0.25) is 5.95 Å². The summed E-state index contributed by atoms with van der Waals surface area (Å²) in [6.45, 7) is 0.300. The van der Waals surface area contributed by atoms with Gasteiger partial charge in [0.1, 0.15) is 11.6 Å². The van der Waals surface area contributed by atoms with Crippen LogP contribution in [0.25, 0.3) is 0 Å². The fourth-order valence-electron chi connectivity index (χ4n) is 1.95. The Hall–Kier alpha value is -2.08. The fraction of sp³-hybridized carbons (Fsp3) is 0.286. The van der Waals surface area contributed by atoms with Crippen LogP contribution in [0.15, 0.2) is 36.7 Å². The molecule has 0 fully saturated rings. The molecule has 106 valence electrons. The average Bonchev–Trinajstić information content (AvgIpc) is 2.42. The Morgan fingerprint density at radius 1 is 1.10 bits per heavy atom. The first-order chi connectivity index (χ1) is 9.59. The van der Waals surface area contributed by atoms with E-state index in [9.17, 15) is 8.78 Å². The van der Waals surface area contributed by atoms with E-state index >= 15 is 0 Å². The topological polar surface area (TPSA) is 41.0 Å². The molecule has 0 amide bonds. The molecule has 4 nitrogen and oxygen atoms in total. The highest BCUT2D eigenvalue weighted by atomic mass is 19.1. The Kier molecular flexibility index (Phi) is 4.57. The Morgan fingerprint density at radius 3 is 2.25 bits per heavy atom. The lowest BCUT2D eigenvalue weighted by Crippen LogP contribution is -2.29. The van der Waals surface area contributed by atoms with Gasteiger partial charge in [-0.25, -0.2) is 18.7 Å². The Labute approximate surface area is 116 Å². The van der Waals surface area contributed by atoms with Crippen molar-refractivity contribution in [2.24, 2.45) is 0 Å². The molecule has 2 aromatic rings. The summed E-state index contributed by atoms with van der Waals surface area (Å²) in [5.74, 6) is -0.685. The molecule has 20 heavy (non-hydrogen) atoms. The van der Waals surface area contributed by atoms with Crippen LogP contribution in [0.5, 0.6) is 0 Å². The van der Waals surface area contributed by atoms with Crippen molar-refractivity contribution in [2.75, 3.05) is 26.0 Å². The smallest absolute Gasteiger partial charge is 0.222 e. The molecule has 6 heteroatoms. The molecule has 0 aliphatic carbocycles. The van der Waals surface area contributed by atoms with Crippen LogP contribution in [-0.2, 0) is 0 Å². The van der Waals surface area contributed by atoms with Gasteiger partial charge in [-0.15, -0.1) is 0 Å². The lowest BCUT2D eigenvalue weighted by Gasteiger charge is -2.25. The SMILES string of the molecule is CN(C)C(CNc1ncccn1)c1c(F)cccc1F. The average molecular weight is 278 g/mol. The molecular weight excluding hydrogens is 262 g/mol. The van der Waals surface area contributed by atoms with Crippen molar-refractivity contribution in [1.82, 2.24) is 14.9 Å². The zero-order valence-electron chi connectivity index (χ0n) is 11.3. The van der Waals surface area contributed by atoms with E-state index in [1.165, 1.54) is 18.2 Å². The molecule has 0 aliphatic rings. The lowest BCUT2D eigenvalue weighted by molar-refractivity contribution is 0.295. The normalized spacial score (nSPS) is 12.4. The van der Waals surface area contributed by atoms with Gasteiger partial charge in [-0.1, -0.05) is 6.07 Å².